The highest BCUT2D eigenvalue weighted by molar-refractivity contribution is 5.93. The lowest BCUT2D eigenvalue weighted by Gasteiger charge is -2.31. The third-order valence-corrected chi connectivity index (χ3v) is 6.14. The van der Waals surface area contributed by atoms with Gasteiger partial charge in [-0.25, -0.2) is 5.48 Å². The second kappa shape index (κ2) is 7.59. The van der Waals surface area contributed by atoms with Gasteiger partial charge in [-0.1, -0.05) is 30.3 Å². The zero-order valence-electron chi connectivity index (χ0n) is 16.4. The summed E-state index contributed by atoms with van der Waals surface area (Å²) in [6.45, 7) is 0.382. The average molecular weight is 404 g/mol. The first-order valence-electron chi connectivity index (χ1n) is 10.3. The Hall–Kier alpha value is -3.16. The van der Waals surface area contributed by atoms with Crippen LogP contribution < -0.4 is 16.1 Å². The number of amides is 2. The van der Waals surface area contributed by atoms with E-state index in [1.807, 2.05) is 12.1 Å². The van der Waals surface area contributed by atoms with Gasteiger partial charge in [0.1, 0.15) is 0 Å². The standard InChI is InChI=1S/C23H24N4O3/c28-22(27-30)15-7-5-13(6-8-15)12-24-23(29)19-11-17-16-3-1-2-4-18(16)25-21(17)20(26-19)14-9-10-14/h1-8,14,19-20,25-26,30H,9-12H2,(H,24,29)(H,27,28)/t19-,20+/m1/s1. The van der Waals surface area contributed by atoms with Gasteiger partial charge < -0.3 is 10.3 Å². The van der Waals surface area contributed by atoms with Crippen LogP contribution in [0.3, 0.4) is 0 Å². The fourth-order valence-corrected chi connectivity index (χ4v) is 4.39. The fraction of sp³-hybridized carbons (Fsp3) is 0.304. The van der Waals surface area contributed by atoms with E-state index in [1.165, 1.54) is 29.5 Å². The van der Waals surface area contributed by atoms with Crippen LogP contribution in [0.5, 0.6) is 0 Å². The fourth-order valence-electron chi connectivity index (χ4n) is 4.39. The minimum atomic E-state index is -0.558. The molecule has 3 aromatic rings. The summed E-state index contributed by atoms with van der Waals surface area (Å²) in [5.41, 5.74) is 6.48. The van der Waals surface area contributed by atoms with Crippen LogP contribution in [0, 0.1) is 5.92 Å². The summed E-state index contributed by atoms with van der Waals surface area (Å²) in [7, 11) is 0. The normalized spacial score (nSPS) is 20.6. The predicted molar refractivity (Wildman–Crippen MR) is 112 cm³/mol. The summed E-state index contributed by atoms with van der Waals surface area (Å²) in [6.07, 6.45) is 3.03. The number of hydrogen-bond acceptors (Lipinski definition) is 4. The molecule has 1 aromatic heterocycles. The van der Waals surface area contributed by atoms with E-state index in [4.69, 9.17) is 5.21 Å². The molecule has 0 unspecified atom stereocenters. The maximum absolute atomic E-state index is 13.0. The van der Waals surface area contributed by atoms with Gasteiger partial charge in [0.25, 0.3) is 5.91 Å². The van der Waals surface area contributed by atoms with Crippen molar-refractivity contribution in [2.24, 2.45) is 5.92 Å². The summed E-state index contributed by atoms with van der Waals surface area (Å²) < 4.78 is 0. The molecule has 2 atom stereocenters. The Morgan fingerprint density at radius 2 is 1.83 bits per heavy atom. The number of para-hydroxylation sites is 1. The monoisotopic (exact) mass is 404 g/mol. The van der Waals surface area contributed by atoms with Gasteiger partial charge >= 0.3 is 0 Å². The Morgan fingerprint density at radius 3 is 2.57 bits per heavy atom. The number of benzene rings is 2. The maximum Gasteiger partial charge on any atom is 0.274 e. The molecule has 5 N–H and O–H groups in total. The van der Waals surface area contributed by atoms with E-state index in [2.05, 4.69) is 27.8 Å². The topological polar surface area (TPSA) is 106 Å². The van der Waals surface area contributed by atoms with Crippen molar-refractivity contribution < 1.29 is 14.8 Å². The number of aromatic nitrogens is 1. The van der Waals surface area contributed by atoms with Gasteiger partial charge in [0.05, 0.1) is 12.1 Å². The van der Waals surface area contributed by atoms with Crippen LogP contribution in [0.15, 0.2) is 48.5 Å². The van der Waals surface area contributed by atoms with E-state index < -0.39 is 5.91 Å². The number of hydroxylamine groups is 1. The van der Waals surface area contributed by atoms with Crippen molar-refractivity contribution in [3.63, 3.8) is 0 Å². The van der Waals surface area contributed by atoms with E-state index in [9.17, 15) is 9.59 Å². The Kier molecular flexibility index (Phi) is 4.77. The van der Waals surface area contributed by atoms with Crippen molar-refractivity contribution in [2.45, 2.75) is 37.9 Å². The SMILES string of the molecule is O=C(NO)c1ccc(CNC(=O)[C@H]2Cc3c([nH]c4ccccc34)[C@H](C3CC3)N2)cc1. The summed E-state index contributed by atoms with van der Waals surface area (Å²) in [4.78, 5) is 28.0. The second-order valence-corrected chi connectivity index (χ2v) is 8.16. The molecule has 7 nitrogen and oxygen atoms in total. The molecule has 2 aromatic carbocycles. The Balaban J connectivity index is 1.31. The highest BCUT2D eigenvalue weighted by Gasteiger charge is 2.40. The molecule has 0 bridgehead atoms. The lowest BCUT2D eigenvalue weighted by atomic mass is 9.91. The molecule has 1 aliphatic heterocycles. The molecule has 5 rings (SSSR count). The molecule has 1 aliphatic carbocycles. The van der Waals surface area contributed by atoms with Crippen molar-refractivity contribution in [1.82, 2.24) is 21.1 Å². The number of H-pyrrole nitrogens is 1. The summed E-state index contributed by atoms with van der Waals surface area (Å²) >= 11 is 0. The lowest BCUT2D eigenvalue weighted by Crippen LogP contribution is -2.49. The van der Waals surface area contributed by atoms with Crippen LogP contribution >= 0.6 is 0 Å². The molecule has 30 heavy (non-hydrogen) atoms. The molecule has 0 radical (unpaired) electrons. The minimum absolute atomic E-state index is 0.0197. The Bertz CT molecular complexity index is 1100. The van der Waals surface area contributed by atoms with Crippen LogP contribution in [-0.2, 0) is 17.8 Å². The first-order chi connectivity index (χ1) is 14.6. The van der Waals surface area contributed by atoms with Gasteiger partial charge in [-0.05, 0) is 54.5 Å². The van der Waals surface area contributed by atoms with Gasteiger partial charge in [-0.15, -0.1) is 0 Å². The maximum atomic E-state index is 13.0. The number of carbonyl (C=O) groups excluding carboxylic acids is 2. The molecule has 1 fully saturated rings. The first kappa shape index (κ1) is 18.8. The quantitative estimate of drug-likeness (QED) is 0.333. The predicted octanol–water partition coefficient (Wildman–Crippen LogP) is 2.57. The number of nitrogens with one attached hydrogen (secondary N) is 4. The molecule has 2 amide bonds. The zero-order valence-corrected chi connectivity index (χ0v) is 16.4. The van der Waals surface area contributed by atoms with E-state index in [1.54, 1.807) is 29.7 Å². The van der Waals surface area contributed by atoms with Crippen molar-refractivity contribution in [3.8, 4) is 0 Å². The Labute approximate surface area is 173 Å². The van der Waals surface area contributed by atoms with Gasteiger partial charge in [-0.2, -0.15) is 0 Å². The molecule has 1 saturated carbocycles. The molecule has 2 aliphatic rings. The van der Waals surface area contributed by atoms with Crippen molar-refractivity contribution in [1.29, 1.82) is 0 Å². The van der Waals surface area contributed by atoms with Gasteiger partial charge in [-0.3, -0.25) is 20.1 Å². The highest BCUT2D eigenvalue weighted by Crippen LogP contribution is 2.45. The third kappa shape index (κ3) is 3.46. The summed E-state index contributed by atoms with van der Waals surface area (Å²) in [5, 5.41) is 16.5. The lowest BCUT2D eigenvalue weighted by molar-refractivity contribution is -0.123. The molecule has 2 heterocycles. The van der Waals surface area contributed by atoms with E-state index in [0.717, 1.165) is 11.1 Å². The number of rotatable bonds is 5. The second-order valence-electron chi connectivity index (χ2n) is 8.16. The first-order valence-corrected chi connectivity index (χ1v) is 10.3. The van der Waals surface area contributed by atoms with Crippen molar-refractivity contribution in [3.05, 3.63) is 70.9 Å². The molecule has 7 heteroatoms. The van der Waals surface area contributed by atoms with E-state index >= 15 is 0 Å². The van der Waals surface area contributed by atoms with Crippen LogP contribution in [-0.4, -0.2) is 28.0 Å². The number of carbonyl (C=O) groups is 2. The smallest absolute Gasteiger partial charge is 0.274 e. The summed E-state index contributed by atoms with van der Waals surface area (Å²) in [6, 6.07) is 15.0. The molecule has 0 spiro atoms. The van der Waals surface area contributed by atoms with Crippen LogP contribution in [0.25, 0.3) is 10.9 Å². The molecule has 154 valence electrons. The molecular weight excluding hydrogens is 380 g/mol. The van der Waals surface area contributed by atoms with Gasteiger partial charge in [0, 0.05) is 28.7 Å². The third-order valence-electron chi connectivity index (χ3n) is 6.14. The minimum Gasteiger partial charge on any atom is -0.357 e. The zero-order chi connectivity index (χ0) is 20.7. The highest BCUT2D eigenvalue weighted by atomic mass is 16.5. The molecule has 0 saturated heterocycles. The number of hydrogen-bond donors (Lipinski definition) is 5. The largest absolute Gasteiger partial charge is 0.357 e. The van der Waals surface area contributed by atoms with E-state index in [0.29, 0.717) is 24.4 Å². The number of fused-ring (bicyclic) bond motifs is 3. The van der Waals surface area contributed by atoms with Gasteiger partial charge in [0.15, 0.2) is 0 Å². The Morgan fingerprint density at radius 1 is 1.07 bits per heavy atom. The average Bonchev–Trinajstić information content (AvgIpc) is 3.57. The van der Waals surface area contributed by atoms with E-state index in [-0.39, 0.29) is 18.0 Å². The van der Waals surface area contributed by atoms with Crippen LogP contribution in [0.4, 0.5) is 0 Å². The molecular formula is C23H24N4O3. The number of aromatic amines is 1. The van der Waals surface area contributed by atoms with Gasteiger partial charge in [0.2, 0.25) is 5.91 Å². The summed E-state index contributed by atoms with van der Waals surface area (Å²) in [5.74, 6) is 0.00373. The van der Waals surface area contributed by atoms with Crippen molar-refractivity contribution >= 4 is 22.7 Å². The van der Waals surface area contributed by atoms with Crippen LogP contribution in [0.1, 0.15) is 46.1 Å². The van der Waals surface area contributed by atoms with Crippen LogP contribution in [0.2, 0.25) is 0 Å². The van der Waals surface area contributed by atoms with Crippen molar-refractivity contribution in [2.75, 3.05) is 0 Å².